The van der Waals surface area contributed by atoms with Crippen molar-refractivity contribution in [2.45, 2.75) is 0 Å². The summed E-state index contributed by atoms with van der Waals surface area (Å²) in [5.41, 5.74) is 0.743. The second-order valence-electron chi connectivity index (χ2n) is 4.12. The molecular formula is C16H12FNO3. The summed E-state index contributed by atoms with van der Waals surface area (Å²) < 4.78 is 13.6. The van der Waals surface area contributed by atoms with Gasteiger partial charge in [-0.25, -0.2) is 4.39 Å². The summed E-state index contributed by atoms with van der Waals surface area (Å²) in [5.74, 6) is 3.47. The molecule has 0 aliphatic carbocycles. The van der Waals surface area contributed by atoms with Gasteiger partial charge in [-0.3, -0.25) is 4.79 Å². The van der Waals surface area contributed by atoms with Crippen LogP contribution in [0.1, 0.15) is 15.9 Å². The Morgan fingerprint density at radius 3 is 2.71 bits per heavy atom. The summed E-state index contributed by atoms with van der Waals surface area (Å²) in [6, 6.07) is 10.0. The predicted octanol–water partition coefficient (Wildman–Crippen LogP) is 2.13. The number of hydrogen-bond acceptors (Lipinski definition) is 3. The standard InChI is InChI=1S/C16H12FNO3/c17-14-10-12(20)7-8-13(14)16(21)18-15-6-2-1-4-11(15)5-3-9-19/h1-2,4,6-8,10,19-20H,9H2,(H,18,21). The fraction of sp³-hybridized carbons (Fsp3) is 0.0625. The number of rotatable bonds is 2. The van der Waals surface area contributed by atoms with Gasteiger partial charge in [-0.15, -0.1) is 0 Å². The van der Waals surface area contributed by atoms with Crippen LogP contribution >= 0.6 is 0 Å². The maximum absolute atomic E-state index is 13.6. The minimum Gasteiger partial charge on any atom is -0.508 e. The average Bonchev–Trinajstić information content (AvgIpc) is 2.46. The van der Waals surface area contributed by atoms with Crippen molar-refractivity contribution in [1.29, 1.82) is 0 Å². The van der Waals surface area contributed by atoms with E-state index in [9.17, 15) is 9.18 Å². The molecule has 0 unspecified atom stereocenters. The van der Waals surface area contributed by atoms with Gasteiger partial charge in [0.05, 0.1) is 11.3 Å². The van der Waals surface area contributed by atoms with Gasteiger partial charge in [0.25, 0.3) is 5.91 Å². The van der Waals surface area contributed by atoms with Crippen molar-refractivity contribution in [3.8, 4) is 17.6 Å². The van der Waals surface area contributed by atoms with E-state index in [2.05, 4.69) is 17.2 Å². The monoisotopic (exact) mass is 285 g/mol. The highest BCUT2D eigenvalue weighted by atomic mass is 19.1. The number of carbonyl (C=O) groups is 1. The first kappa shape index (κ1) is 14.6. The molecule has 4 nitrogen and oxygen atoms in total. The van der Waals surface area contributed by atoms with E-state index in [0.29, 0.717) is 11.3 Å². The zero-order valence-electron chi connectivity index (χ0n) is 10.9. The Morgan fingerprint density at radius 2 is 2.00 bits per heavy atom. The number of phenols is 1. The molecule has 1 amide bonds. The van der Waals surface area contributed by atoms with E-state index in [1.807, 2.05) is 0 Å². The summed E-state index contributed by atoms with van der Waals surface area (Å²) in [6.45, 7) is -0.297. The van der Waals surface area contributed by atoms with Gasteiger partial charge < -0.3 is 15.5 Å². The quantitative estimate of drug-likeness (QED) is 0.740. The second-order valence-corrected chi connectivity index (χ2v) is 4.12. The molecule has 0 saturated heterocycles. The first-order chi connectivity index (χ1) is 10.1. The maximum Gasteiger partial charge on any atom is 0.258 e. The fourth-order valence-electron chi connectivity index (χ4n) is 1.71. The number of aliphatic hydroxyl groups excluding tert-OH is 1. The van der Waals surface area contributed by atoms with E-state index in [-0.39, 0.29) is 17.9 Å². The summed E-state index contributed by atoms with van der Waals surface area (Å²) in [4.78, 5) is 12.0. The van der Waals surface area contributed by atoms with E-state index in [1.165, 1.54) is 12.1 Å². The van der Waals surface area contributed by atoms with Crippen LogP contribution in [0.3, 0.4) is 0 Å². The number of anilines is 1. The van der Waals surface area contributed by atoms with Crippen molar-refractivity contribution in [2.24, 2.45) is 0 Å². The van der Waals surface area contributed by atoms with Crippen LogP contribution in [0.15, 0.2) is 42.5 Å². The van der Waals surface area contributed by atoms with Gasteiger partial charge >= 0.3 is 0 Å². The Bertz CT molecular complexity index is 732. The molecule has 5 heteroatoms. The van der Waals surface area contributed by atoms with Gasteiger partial charge in [0, 0.05) is 11.6 Å². The van der Waals surface area contributed by atoms with E-state index in [4.69, 9.17) is 10.2 Å². The highest BCUT2D eigenvalue weighted by Crippen LogP contribution is 2.18. The Hall–Kier alpha value is -2.84. The van der Waals surface area contributed by atoms with E-state index in [0.717, 1.165) is 6.07 Å². The molecule has 0 radical (unpaired) electrons. The Labute approximate surface area is 120 Å². The van der Waals surface area contributed by atoms with Crippen molar-refractivity contribution in [2.75, 3.05) is 11.9 Å². The third-order valence-corrected chi connectivity index (χ3v) is 2.67. The van der Waals surface area contributed by atoms with Gasteiger partial charge in [0.1, 0.15) is 18.2 Å². The van der Waals surface area contributed by atoms with Crippen LogP contribution < -0.4 is 5.32 Å². The zero-order chi connectivity index (χ0) is 15.2. The number of phenolic OH excluding ortho intramolecular Hbond substituents is 1. The number of aliphatic hydroxyl groups is 1. The predicted molar refractivity (Wildman–Crippen MR) is 76.4 cm³/mol. The van der Waals surface area contributed by atoms with Crippen LogP contribution in [0.4, 0.5) is 10.1 Å². The number of nitrogens with one attached hydrogen (secondary N) is 1. The van der Waals surface area contributed by atoms with Gasteiger partial charge in [-0.1, -0.05) is 24.0 Å². The number of carbonyl (C=O) groups excluding carboxylic acids is 1. The molecule has 2 aromatic rings. The van der Waals surface area contributed by atoms with Crippen LogP contribution in [0.5, 0.6) is 5.75 Å². The molecule has 21 heavy (non-hydrogen) atoms. The van der Waals surface area contributed by atoms with E-state index >= 15 is 0 Å². The van der Waals surface area contributed by atoms with Crippen LogP contribution in [0, 0.1) is 17.7 Å². The summed E-state index contributed by atoms with van der Waals surface area (Å²) in [5, 5.41) is 20.4. The number of halogens is 1. The van der Waals surface area contributed by atoms with Gasteiger partial charge in [0.15, 0.2) is 0 Å². The van der Waals surface area contributed by atoms with Crippen molar-refractivity contribution in [3.05, 3.63) is 59.4 Å². The first-order valence-corrected chi connectivity index (χ1v) is 6.10. The van der Waals surface area contributed by atoms with Crippen LogP contribution in [0.25, 0.3) is 0 Å². The van der Waals surface area contributed by atoms with Gasteiger partial charge in [-0.05, 0) is 24.3 Å². The Morgan fingerprint density at radius 1 is 1.24 bits per heavy atom. The molecule has 0 spiro atoms. The second kappa shape index (κ2) is 6.55. The highest BCUT2D eigenvalue weighted by Gasteiger charge is 2.13. The summed E-state index contributed by atoms with van der Waals surface area (Å²) >= 11 is 0. The zero-order valence-corrected chi connectivity index (χ0v) is 10.9. The SMILES string of the molecule is O=C(Nc1ccccc1C#CCO)c1ccc(O)cc1F. The number of hydrogen-bond donors (Lipinski definition) is 3. The largest absolute Gasteiger partial charge is 0.508 e. The molecule has 0 heterocycles. The summed E-state index contributed by atoms with van der Waals surface area (Å²) in [7, 11) is 0. The number of aromatic hydroxyl groups is 1. The minimum absolute atomic E-state index is 0.183. The molecule has 3 N–H and O–H groups in total. The molecular weight excluding hydrogens is 273 g/mol. The van der Waals surface area contributed by atoms with Crippen LogP contribution in [0.2, 0.25) is 0 Å². The molecule has 0 fully saturated rings. The molecule has 2 rings (SSSR count). The first-order valence-electron chi connectivity index (χ1n) is 6.10. The molecule has 0 atom stereocenters. The Balaban J connectivity index is 2.27. The third-order valence-electron chi connectivity index (χ3n) is 2.67. The lowest BCUT2D eigenvalue weighted by molar-refractivity contribution is 0.102. The minimum atomic E-state index is -0.813. The lowest BCUT2D eigenvalue weighted by Gasteiger charge is -2.08. The lowest BCUT2D eigenvalue weighted by Crippen LogP contribution is -2.14. The lowest BCUT2D eigenvalue weighted by atomic mass is 10.1. The molecule has 0 saturated carbocycles. The fourth-order valence-corrected chi connectivity index (χ4v) is 1.71. The molecule has 0 aliphatic rings. The van der Waals surface area contributed by atoms with Crippen molar-refractivity contribution in [1.82, 2.24) is 0 Å². The smallest absolute Gasteiger partial charge is 0.258 e. The number of amides is 1. The van der Waals surface area contributed by atoms with E-state index < -0.39 is 11.7 Å². The van der Waals surface area contributed by atoms with Crippen LogP contribution in [-0.2, 0) is 0 Å². The molecule has 0 bridgehead atoms. The molecule has 106 valence electrons. The molecule has 0 aromatic heterocycles. The topological polar surface area (TPSA) is 69.6 Å². The molecule has 0 aliphatic heterocycles. The van der Waals surface area contributed by atoms with Crippen molar-refractivity contribution >= 4 is 11.6 Å². The van der Waals surface area contributed by atoms with Gasteiger partial charge in [0.2, 0.25) is 0 Å². The van der Waals surface area contributed by atoms with Crippen molar-refractivity contribution < 1.29 is 19.4 Å². The highest BCUT2D eigenvalue weighted by molar-refractivity contribution is 6.05. The molecule has 2 aromatic carbocycles. The average molecular weight is 285 g/mol. The number of benzene rings is 2. The Kier molecular flexibility index (Phi) is 4.54. The third kappa shape index (κ3) is 3.59. The summed E-state index contributed by atoms with van der Waals surface area (Å²) in [6.07, 6.45) is 0. The maximum atomic E-state index is 13.6. The van der Waals surface area contributed by atoms with Gasteiger partial charge in [-0.2, -0.15) is 0 Å². The number of para-hydroxylation sites is 1. The van der Waals surface area contributed by atoms with Crippen molar-refractivity contribution in [3.63, 3.8) is 0 Å². The normalized spacial score (nSPS) is 9.62. The van der Waals surface area contributed by atoms with Crippen LogP contribution in [-0.4, -0.2) is 22.7 Å². The van der Waals surface area contributed by atoms with E-state index in [1.54, 1.807) is 24.3 Å².